The summed E-state index contributed by atoms with van der Waals surface area (Å²) in [6.45, 7) is 13.5. The van der Waals surface area contributed by atoms with Gasteiger partial charge in [-0.25, -0.2) is 24.0 Å². The summed E-state index contributed by atoms with van der Waals surface area (Å²) < 4.78 is 22.8. The number of hydrogen-bond acceptors (Lipinski definition) is 13. The van der Waals surface area contributed by atoms with Crippen LogP contribution in [-0.4, -0.2) is 85.1 Å². The van der Waals surface area contributed by atoms with Crippen LogP contribution in [-0.2, 0) is 57.2 Å². The number of aliphatic hydroxyl groups excluding tert-OH is 1. The normalized spacial score (nSPS) is 8.92. The molecule has 0 fully saturated rings. The van der Waals surface area contributed by atoms with Gasteiger partial charge in [-0.2, -0.15) is 0 Å². The predicted molar refractivity (Wildman–Crippen MR) is 128 cm³/mol. The largest absolute Gasteiger partial charge is 0.460 e. The maximum atomic E-state index is 11.2. The fourth-order valence-corrected chi connectivity index (χ4v) is 1.16. The van der Waals surface area contributed by atoms with E-state index < -0.39 is 40.3 Å². The Morgan fingerprint density at radius 3 is 0.919 bits per heavy atom. The highest BCUT2D eigenvalue weighted by molar-refractivity contribution is 6.97. The molecule has 0 saturated carbocycles. The van der Waals surface area contributed by atoms with Crippen molar-refractivity contribution in [2.45, 2.75) is 20.8 Å². The molecule has 0 aliphatic heterocycles. The Balaban J connectivity index is -0.000000628. The van der Waals surface area contributed by atoms with Crippen molar-refractivity contribution in [2.75, 3.05) is 39.6 Å². The summed E-state index contributed by atoms with van der Waals surface area (Å²) in [5.41, 5.74) is 0.758. The van der Waals surface area contributed by atoms with Crippen molar-refractivity contribution in [3.8, 4) is 0 Å². The number of rotatable bonds is 12. The van der Waals surface area contributed by atoms with E-state index in [4.69, 9.17) is 5.11 Å². The fraction of sp³-hybridized carbons (Fsp3) is 0.409. The third-order valence-corrected chi connectivity index (χ3v) is 3.23. The van der Waals surface area contributed by atoms with Gasteiger partial charge in [-0.3, -0.25) is 9.59 Å². The van der Waals surface area contributed by atoms with E-state index >= 15 is 0 Å². The average Bonchev–Trinajstić information content (AvgIpc) is 2.82. The lowest BCUT2D eigenvalue weighted by Gasteiger charge is -2.07. The number of carbonyl (C=O) groups excluding carboxylic acids is 7. The lowest BCUT2D eigenvalue weighted by atomic mass is 10.4. The second-order valence-corrected chi connectivity index (χ2v) is 6.98. The minimum Gasteiger partial charge on any atom is -0.460 e. The maximum absolute atomic E-state index is 11.2. The van der Waals surface area contributed by atoms with Crippen molar-refractivity contribution < 1.29 is 62.4 Å². The van der Waals surface area contributed by atoms with Crippen molar-refractivity contribution in [3.05, 3.63) is 36.5 Å². The third-order valence-electron chi connectivity index (χ3n) is 2.79. The van der Waals surface area contributed by atoms with E-state index in [9.17, 15) is 33.6 Å². The van der Waals surface area contributed by atoms with E-state index in [2.05, 4.69) is 66.6 Å². The Labute approximate surface area is 222 Å². The molecule has 0 unspecified atom stereocenters. The van der Waals surface area contributed by atoms with Crippen LogP contribution in [0.1, 0.15) is 20.8 Å². The van der Waals surface area contributed by atoms with Crippen molar-refractivity contribution in [1.29, 1.82) is 0 Å². The molecule has 0 radical (unpaired) electrons. The molecule has 0 aliphatic rings. The second-order valence-electron chi connectivity index (χ2n) is 6.29. The molecule has 0 atom stereocenters. The Morgan fingerprint density at radius 2 is 0.730 bits per heavy atom. The molecule has 208 valence electrons. The summed E-state index contributed by atoms with van der Waals surface area (Å²) >= 11 is 8.98. The van der Waals surface area contributed by atoms with Gasteiger partial charge in [0.05, 0.1) is 6.61 Å². The van der Waals surface area contributed by atoms with Crippen LogP contribution in [0.25, 0.3) is 0 Å². The number of hydrogen-bond donors (Lipinski definition) is 1. The first kappa shape index (κ1) is 38.0. The molecular formula is C22H28Cl2O13. The molecule has 0 saturated heterocycles. The fourth-order valence-electron chi connectivity index (χ4n) is 1.16. The molecule has 0 aromatic heterocycles. The molecule has 0 heterocycles. The third kappa shape index (κ3) is 25.4. The molecule has 0 aromatic carbocycles. The predicted octanol–water partition coefficient (Wildman–Crippen LogP) is 0.927. The van der Waals surface area contributed by atoms with Gasteiger partial charge in [0, 0.05) is 16.7 Å². The highest BCUT2D eigenvalue weighted by atomic mass is 35.5. The van der Waals surface area contributed by atoms with Gasteiger partial charge in [0.2, 0.25) is 0 Å². The van der Waals surface area contributed by atoms with Crippen LogP contribution in [0.5, 0.6) is 0 Å². The Morgan fingerprint density at radius 1 is 0.514 bits per heavy atom. The van der Waals surface area contributed by atoms with Crippen molar-refractivity contribution in [2.24, 2.45) is 0 Å². The molecule has 37 heavy (non-hydrogen) atoms. The van der Waals surface area contributed by atoms with Crippen LogP contribution < -0.4 is 0 Å². The van der Waals surface area contributed by atoms with Gasteiger partial charge in [0.25, 0.3) is 0 Å². The average molecular weight is 571 g/mol. The molecule has 15 heteroatoms. The molecule has 0 amide bonds. The highest BCUT2D eigenvalue weighted by Gasteiger charge is 2.17. The van der Waals surface area contributed by atoms with Crippen LogP contribution >= 0.6 is 23.2 Å². The second kappa shape index (κ2) is 22.9. The lowest BCUT2D eigenvalue weighted by molar-refractivity contribution is -0.170. The molecule has 0 aromatic rings. The quantitative estimate of drug-likeness (QED) is 0.0871. The van der Waals surface area contributed by atoms with E-state index in [1.165, 1.54) is 13.8 Å². The first-order valence-electron chi connectivity index (χ1n) is 9.90. The number of aliphatic hydroxyl groups is 1. The molecule has 0 bridgehead atoms. The molecule has 0 rings (SSSR count). The number of esters is 5. The van der Waals surface area contributed by atoms with Gasteiger partial charge >= 0.3 is 40.3 Å². The summed E-state index contributed by atoms with van der Waals surface area (Å²) in [5, 5.41) is 5.91. The number of carbonyl (C=O) groups is 7. The van der Waals surface area contributed by atoms with Crippen LogP contribution in [0, 0.1) is 0 Å². The van der Waals surface area contributed by atoms with Crippen molar-refractivity contribution >= 4 is 63.5 Å². The molecule has 13 nitrogen and oxygen atoms in total. The standard InChI is InChI=1S/C14H18O8.C6H10O3.C2Cl2O2/c1-9(2)11(15)19-5-7-21-13(17)14(18)22-8-6-20-12(16)10(3)4;1-5(2)6(8)9-4-3-7;3-1(5)2(4)6/h1,3,5-8H2,2,4H3;7H,1,3-4H2,2H3;. The monoisotopic (exact) mass is 570 g/mol. The lowest BCUT2D eigenvalue weighted by Crippen LogP contribution is -2.24. The molecule has 0 spiro atoms. The minimum absolute atomic E-state index is 0.0473. The summed E-state index contributed by atoms with van der Waals surface area (Å²) in [6, 6.07) is 0. The maximum Gasteiger partial charge on any atom is 0.417 e. The van der Waals surface area contributed by atoms with Crippen LogP contribution in [0.2, 0.25) is 0 Å². The number of ether oxygens (including phenoxy) is 5. The smallest absolute Gasteiger partial charge is 0.417 e. The van der Waals surface area contributed by atoms with Crippen LogP contribution in [0.3, 0.4) is 0 Å². The van der Waals surface area contributed by atoms with Gasteiger partial charge in [0.15, 0.2) is 0 Å². The summed E-state index contributed by atoms with van der Waals surface area (Å²) in [4.78, 5) is 73.7. The van der Waals surface area contributed by atoms with Gasteiger partial charge in [-0.1, -0.05) is 19.7 Å². The minimum atomic E-state index is -1.24. The number of halogens is 2. The van der Waals surface area contributed by atoms with Crippen LogP contribution in [0.15, 0.2) is 36.5 Å². The highest BCUT2D eigenvalue weighted by Crippen LogP contribution is 1.94. The van der Waals surface area contributed by atoms with Crippen molar-refractivity contribution in [1.82, 2.24) is 0 Å². The topological polar surface area (TPSA) is 186 Å². The zero-order valence-electron chi connectivity index (χ0n) is 20.5. The zero-order chi connectivity index (χ0) is 29.6. The Hall–Kier alpha value is -3.55. The van der Waals surface area contributed by atoms with E-state index in [-0.39, 0.29) is 50.8 Å². The van der Waals surface area contributed by atoms with E-state index in [1.54, 1.807) is 6.92 Å². The first-order chi connectivity index (χ1) is 17.1. The van der Waals surface area contributed by atoms with Crippen LogP contribution in [0.4, 0.5) is 0 Å². The summed E-state index contributed by atoms with van der Waals surface area (Å²) in [7, 11) is 0. The first-order valence-corrected chi connectivity index (χ1v) is 10.7. The van der Waals surface area contributed by atoms with E-state index in [0.717, 1.165) is 0 Å². The summed E-state index contributed by atoms with van der Waals surface area (Å²) in [6.07, 6.45) is 0. The van der Waals surface area contributed by atoms with E-state index in [0.29, 0.717) is 5.57 Å². The Bertz CT molecular complexity index is 822. The van der Waals surface area contributed by atoms with E-state index in [1.807, 2.05) is 0 Å². The summed E-state index contributed by atoms with van der Waals surface area (Å²) in [5.74, 6) is -4.19. The molecular weight excluding hydrogens is 543 g/mol. The van der Waals surface area contributed by atoms with Crippen molar-refractivity contribution in [3.63, 3.8) is 0 Å². The molecule has 1 N–H and O–H groups in total. The Kier molecular flexibility index (Phi) is 23.5. The zero-order valence-corrected chi connectivity index (χ0v) is 22.0. The van der Waals surface area contributed by atoms with Gasteiger partial charge < -0.3 is 28.8 Å². The van der Waals surface area contributed by atoms with Gasteiger partial charge in [-0.05, 0) is 44.0 Å². The SMILES string of the molecule is C=C(C)C(=O)OCCO.C=C(C)C(=O)OCCOC(=O)C(=O)OCCOC(=O)C(=C)C.O=C(Cl)C(=O)Cl. The molecule has 0 aliphatic carbocycles. The van der Waals surface area contributed by atoms with Gasteiger partial charge in [-0.15, -0.1) is 0 Å². The van der Waals surface area contributed by atoms with Gasteiger partial charge in [0.1, 0.15) is 33.0 Å².